The Bertz CT molecular complexity index is 306. The Hall–Kier alpha value is -0.570. The number of hydrogen-bond acceptors (Lipinski definition) is 3. The van der Waals surface area contributed by atoms with E-state index in [0.717, 1.165) is 11.8 Å². The summed E-state index contributed by atoms with van der Waals surface area (Å²) in [4.78, 5) is 11.5. The molecule has 1 saturated heterocycles. The van der Waals surface area contributed by atoms with Gasteiger partial charge in [-0.1, -0.05) is 12.8 Å². The van der Waals surface area contributed by atoms with Gasteiger partial charge in [0.1, 0.15) is 5.60 Å². The monoisotopic (exact) mass is 224 g/mol. The molecule has 0 aromatic carbocycles. The minimum Gasteiger partial charge on any atom is -0.467 e. The zero-order chi connectivity index (χ0) is 11.3. The summed E-state index contributed by atoms with van der Waals surface area (Å²) in [6.45, 7) is 2.10. The maximum atomic E-state index is 11.5. The Kier molecular flexibility index (Phi) is 2.29. The number of carbonyl (C=O) groups excluding carboxylic acids is 1. The first-order valence-corrected chi connectivity index (χ1v) is 6.41. The van der Waals surface area contributed by atoms with E-state index in [4.69, 9.17) is 9.47 Å². The van der Waals surface area contributed by atoms with Crippen molar-refractivity contribution >= 4 is 5.97 Å². The van der Waals surface area contributed by atoms with Crippen LogP contribution in [0.3, 0.4) is 0 Å². The highest BCUT2D eigenvalue weighted by molar-refractivity contribution is 5.79. The molecule has 0 aromatic heterocycles. The molecule has 3 aliphatic carbocycles. The van der Waals surface area contributed by atoms with E-state index < -0.39 is 0 Å². The molecule has 0 spiro atoms. The minimum atomic E-state index is -0.290. The number of epoxide rings is 1. The Balaban J connectivity index is 1.72. The Labute approximate surface area is 96.5 Å². The normalized spacial score (nSPS) is 50.1. The van der Waals surface area contributed by atoms with Crippen molar-refractivity contribution in [3.05, 3.63) is 0 Å². The van der Waals surface area contributed by atoms with Crippen LogP contribution >= 0.6 is 0 Å². The van der Waals surface area contributed by atoms with Gasteiger partial charge in [-0.3, -0.25) is 0 Å². The first kappa shape index (κ1) is 10.6. The molecular formula is C13H20O3. The van der Waals surface area contributed by atoms with Gasteiger partial charge in [-0.05, 0) is 43.9 Å². The molecule has 3 saturated carbocycles. The lowest BCUT2D eigenvalue weighted by Gasteiger charge is -2.44. The number of esters is 1. The number of hydrogen-bond donors (Lipinski definition) is 0. The van der Waals surface area contributed by atoms with E-state index in [1.54, 1.807) is 0 Å². The van der Waals surface area contributed by atoms with E-state index in [0.29, 0.717) is 5.92 Å². The molecule has 4 aliphatic rings. The molecule has 3 nitrogen and oxygen atoms in total. The van der Waals surface area contributed by atoms with Crippen LogP contribution in [-0.2, 0) is 14.3 Å². The van der Waals surface area contributed by atoms with Gasteiger partial charge in [-0.2, -0.15) is 0 Å². The van der Waals surface area contributed by atoms with E-state index in [-0.39, 0.29) is 17.7 Å². The van der Waals surface area contributed by atoms with Crippen molar-refractivity contribution in [2.24, 2.45) is 17.8 Å². The van der Waals surface area contributed by atoms with Crippen molar-refractivity contribution in [3.63, 3.8) is 0 Å². The predicted molar refractivity (Wildman–Crippen MR) is 58.8 cm³/mol. The van der Waals surface area contributed by atoms with Gasteiger partial charge >= 0.3 is 5.97 Å². The van der Waals surface area contributed by atoms with Crippen molar-refractivity contribution < 1.29 is 14.3 Å². The first-order valence-electron chi connectivity index (χ1n) is 6.41. The molecule has 0 N–H and O–H groups in total. The lowest BCUT2D eigenvalue weighted by Crippen LogP contribution is -2.41. The maximum absolute atomic E-state index is 11.5. The van der Waals surface area contributed by atoms with Gasteiger partial charge in [0.15, 0.2) is 6.10 Å². The number of carbonyl (C=O) groups is 1. The lowest BCUT2D eigenvalue weighted by atomic mass is 9.60. The van der Waals surface area contributed by atoms with Crippen molar-refractivity contribution in [2.45, 2.75) is 50.7 Å². The third-order valence-electron chi connectivity index (χ3n) is 5.03. The van der Waals surface area contributed by atoms with Crippen LogP contribution in [0.15, 0.2) is 0 Å². The average Bonchev–Trinajstić information content (AvgIpc) is 3.03. The van der Waals surface area contributed by atoms with Crippen LogP contribution in [0.4, 0.5) is 0 Å². The fourth-order valence-corrected chi connectivity index (χ4v) is 3.97. The maximum Gasteiger partial charge on any atom is 0.338 e. The number of fused-ring (bicyclic) bond motifs is 3. The molecule has 0 radical (unpaired) electrons. The minimum absolute atomic E-state index is 0.191. The van der Waals surface area contributed by atoms with Crippen molar-refractivity contribution in [1.82, 2.24) is 0 Å². The highest BCUT2D eigenvalue weighted by atomic mass is 16.7. The molecule has 3 atom stereocenters. The standard InChI is InChI=1S/C13H20O3/c1-13(11(16-13)12(14)15-2)10-7-8-3-5-9(10)6-4-8/h8-11H,3-7H2,1-2H3. The summed E-state index contributed by atoms with van der Waals surface area (Å²) in [6, 6.07) is 0. The summed E-state index contributed by atoms with van der Waals surface area (Å²) in [5.74, 6) is 2.06. The smallest absolute Gasteiger partial charge is 0.338 e. The topological polar surface area (TPSA) is 38.8 Å². The number of methoxy groups -OCH3 is 1. The molecule has 4 fully saturated rings. The van der Waals surface area contributed by atoms with E-state index in [1.807, 2.05) is 0 Å². The summed E-state index contributed by atoms with van der Waals surface area (Å²) in [5, 5.41) is 0. The molecule has 3 heteroatoms. The summed E-state index contributed by atoms with van der Waals surface area (Å²) in [6.07, 6.45) is 6.42. The van der Waals surface area contributed by atoms with Crippen LogP contribution in [0.2, 0.25) is 0 Å². The number of ether oxygens (including phenoxy) is 2. The highest BCUT2D eigenvalue weighted by Crippen LogP contribution is 2.56. The van der Waals surface area contributed by atoms with Gasteiger partial charge in [0.25, 0.3) is 0 Å². The Morgan fingerprint density at radius 1 is 1.31 bits per heavy atom. The highest BCUT2D eigenvalue weighted by Gasteiger charge is 2.64. The van der Waals surface area contributed by atoms with Gasteiger partial charge < -0.3 is 9.47 Å². The Morgan fingerprint density at radius 2 is 2.00 bits per heavy atom. The van der Waals surface area contributed by atoms with Gasteiger partial charge in [-0.25, -0.2) is 4.79 Å². The van der Waals surface area contributed by atoms with E-state index in [1.165, 1.54) is 39.2 Å². The van der Waals surface area contributed by atoms with Crippen LogP contribution in [0.5, 0.6) is 0 Å². The number of rotatable bonds is 2. The predicted octanol–water partition coefficient (Wildman–Crippen LogP) is 2.14. The SMILES string of the molecule is COC(=O)C1OC1(C)C1CC2CCC1CC2. The fraction of sp³-hybridized carbons (Fsp3) is 0.923. The molecule has 1 aliphatic heterocycles. The molecule has 1 heterocycles. The fourth-order valence-electron chi connectivity index (χ4n) is 3.97. The molecule has 0 amide bonds. The third kappa shape index (κ3) is 1.41. The van der Waals surface area contributed by atoms with Crippen molar-refractivity contribution in [1.29, 1.82) is 0 Å². The molecule has 4 rings (SSSR count). The van der Waals surface area contributed by atoms with Crippen LogP contribution in [0.1, 0.15) is 39.0 Å². The van der Waals surface area contributed by atoms with Gasteiger partial charge in [0, 0.05) is 0 Å². The summed E-state index contributed by atoms with van der Waals surface area (Å²) >= 11 is 0. The zero-order valence-corrected chi connectivity index (χ0v) is 10.1. The molecule has 0 aromatic rings. The second-order valence-corrected chi connectivity index (χ2v) is 5.83. The van der Waals surface area contributed by atoms with Crippen LogP contribution < -0.4 is 0 Å². The summed E-state index contributed by atoms with van der Waals surface area (Å²) in [7, 11) is 1.44. The van der Waals surface area contributed by atoms with E-state index >= 15 is 0 Å². The lowest BCUT2D eigenvalue weighted by molar-refractivity contribution is -0.142. The van der Waals surface area contributed by atoms with Crippen molar-refractivity contribution in [3.8, 4) is 0 Å². The van der Waals surface area contributed by atoms with Crippen molar-refractivity contribution in [2.75, 3.05) is 7.11 Å². The molecule has 3 unspecified atom stereocenters. The second-order valence-electron chi connectivity index (χ2n) is 5.83. The Morgan fingerprint density at radius 3 is 2.50 bits per heavy atom. The third-order valence-corrected chi connectivity index (χ3v) is 5.03. The largest absolute Gasteiger partial charge is 0.467 e. The van der Waals surface area contributed by atoms with Crippen LogP contribution in [0.25, 0.3) is 0 Å². The molecular weight excluding hydrogens is 204 g/mol. The van der Waals surface area contributed by atoms with Crippen LogP contribution in [0, 0.1) is 17.8 Å². The van der Waals surface area contributed by atoms with Gasteiger partial charge in [0.2, 0.25) is 0 Å². The van der Waals surface area contributed by atoms with E-state index in [9.17, 15) is 4.79 Å². The quantitative estimate of drug-likeness (QED) is 0.533. The van der Waals surface area contributed by atoms with Crippen LogP contribution in [-0.4, -0.2) is 24.8 Å². The van der Waals surface area contributed by atoms with E-state index in [2.05, 4.69) is 6.92 Å². The molecule has 16 heavy (non-hydrogen) atoms. The zero-order valence-electron chi connectivity index (χ0n) is 10.1. The summed E-state index contributed by atoms with van der Waals surface area (Å²) in [5.41, 5.74) is -0.211. The van der Waals surface area contributed by atoms with Gasteiger partial charge in [0.05, 0.1) is 7.11 Å². The summed E-state index contributed by atoms with van der Waals surface area (Å²) < 4.78 is 10.5. The molecule has 90 valence electrons. The van der Waals surface area contributed by atoms with Gasteiger partial charge in [-0.15, -0.1) is 0 Å². The molecule has 2 bridgehead atoms. The average molecular weight is 224 g/mol. The first-order chi connectivity index (χ1) is 7.65. The second kappa shape index (κ2) is 3.46.